The molecule has 1 N–H and O–H groups in total. The Morgan fingerprint density at radius 3 is 2.22 bits per heavy atom. The maximum Gasteiger partial charge on any atom is 0.255 e. The number of nitrogens with zero attached hydrogens (tertiary/aromatic N) is 2. The molecule has 1 aliphatic heterocycles. The fourth-order valence-corrected chi connectivity index (χ4v) is 4.22. The predicted molar refractivity (Wildman–Crippen MR) is 145 cm³/mol. The molecule has 1 unspecified atom stereocenters. The number of carbonyl (C=O) groups excluding carboxylic acids is 2. The van der Waals surface area contributed by atoms with E-state index in [2.05, 4.69) is 24.1 Å². The number of carbonyl (C=O) groups is 2. The Bertz CT molecular complexity index is 1170. The molecule has 1 atom stereocenters. The molecule has 6 nitrogen and oxygen atoms in total. The van der Waals surface area contributed by atoms with Crippen LogP contribution in [0.25, 0.3) is 0 Å². The van der Waals surface area contributed by atoms with Crippen molar-refractivity contribution < 1.29 is 14.3 Å². The van der Waals surface area contributed by atoms with Crippen LogP contribution < -0.4 is 15.0 Å². The third-order valence-electron chi connectivity index (χ3n) is 6.67. The van der Waals surface area contributed by atoms with E-state index < -0.39 is 0 Å². The van der Waals surface area contributed by atoms with Gasteiger partial charge in [0, 0.05) is 48.7 Å². The molecule has 3 aromatic rings. The van der Waals surface area contributed by atoms with Gasteiger partial charge in [-0.3, -0.25) is 9.59 Å². The van der Waals surface area contributed by atoms with Crippen LogP contribution in [0, 0.1) is 0 Å². The standard InChI is InChI=1S/C30H35N3O3/c1-4-22(3)36-28-8-6-7-25(21-28)29(34)31-26-13-15-27(16-14-26)32-17-19-33(20-18-32)30(35)24-11-9-23(5-2)10-12-24/h6-16,21-22H,4-5,17-20H2,1-3H3,(H,31,34). The van der Waals surface area contributed by atoms with E-state index in [1.165, 1.54) is 5.56 Å². The first kappa shape index (κ1) is 25.3. The van der Waals surface area contributed by atoms with Crippen molar-refractivity contribution in [2.24, 2.45) is 0 Å². The lowest BCUT2D eigenvalue weighted by Gasteiger charge is -2.36. The number of anilines is 2. The number of rotatable bonds is 8. The number of amides is 2. The highest BCUT2D eigenvalue weighted by Gasteiger charge is 2.22. The van der Waals surface area contributed by atoms with Gasteiger partial charge in [0.15, 0.2) is 0 Å². The Labute approximate surface area is 213 Å². The van der Waals surface area contributed by atoms with Crippen LogP contribution in [0.5, 0.6) is 5.75 Å². The summed E-state index contributed by atoms with van der Waals surface area (Å²) in [5.41, 5.74) is 4.36. The molecule has 0 aliphatic carbocycles. The molecule has 1 aliphatic rings. The van der Waals surface area contributed by atoms with Crippen molar-refractivity contribution in [2.75, 3.05) is 36.4 Å². The van der Waals surface area contributed by atoms with Crippen molar-refractivity contribution in [1.29, 1.82) is 0 Å². The topological polar surface area (TPSA) is 61.9 Å². The van der Waals surface area contributed by atoms with E-state index in [0.29, 0.717) is 24.4 Å². The van der Waals surface area contributed by atoms with Gasteiger partial charge in [0.1, 0.15) is 5.75 Å². The van der Waals surface area contributed by atoms with Crippen LogP contribution in [0.1, 0.15) is 53.5 Å². The minimum atomic E-state index is -0.170. The molecule has 0 saturated carbocycles. The average molecular weight is 486 g/mol. The van der Waals surface area contributed by atoms with E-state index in [-0.39, 0.29) is 17.9 Å². The number of hydrogen-bond acceptors (Lipinski definition) is 4. The molecule has 0 spiro atoms. The molecule has 2 amide bonds. The van der Waals surface area contributed by atoms with Gasteiger partial charge in [0.05, 0.1) is 6.10 Å². The summed E-state index contributed by atoms with van der Waals surface area (Å²) in [5, 5.41) is 2.97. The summed E-state index contributed by atoms with van der Waals surface area (Å²) >= 11 is 0. The lowest BCUT2D eigenvalue weighted by Crippen LogP contribution is -2.48. The third-order valence-corrected chi connectivity index (χ3v) is 6.67. The molecule has 3 aromatic carbocycles. The normalized spacial score (nSPS) is 14.3. The molecule has 1 fully saturated rings. The van der Waals surface area contributed by atoms with Gasteiger partial charge < -0.3 is 19.9 Å². The third kappa shape index (κ3) is 6.25. The van der Waals surface area contributed by atoms with Crippen LogP contribution in [-0.2, 0) is 6.42 Å². The molecule has 0 aromatic heterocycles. The Hall–Kier alpha value is -3.80. The zero-order chi connectivity index (χ0) is 25.5. The first-order chi connectivity index (χ1) is 17.5. The first-order valence-corrected chi connectivity index (χ1v) is 12.8. The van der Waals surface area contributed by atoms with Crippen molar-refractivity contribution >= 4 is 23.2 Å². The summed E-state index contributed by atoms with van der Waals surface area (Å²) in [7, 11) is 0. The first-order valence-electron chi connectivity index (χ1n) is 12.8. The van der Waals surface area contributed by atoms with E-state index in [9.17, 15) is 9.59 Å². The van der Waals surface area contributed by atoms with E-state index in [1.54, 1.807) is 12.1 Å². The van der Waals surface area contributed by atoms with Crippen LogP contribution in [-0.4, -0.2) is 49.0 Å². The van der Waals surface area contributed by atoms with Gasteiger partial charge in [-0.25, -0.2) is 0 Å². The van der Waals surface area contributed by atoms with E-state index in [4.69, 9.17) is 4.74 Å². The Morgan fingerprint density at radius 2 is 1.58 bits per heavy atom. The van der Waals surface area contributed by atoms with Gasteiger partial charge in [-0.05, 0) is 79.9 Å². The minimum Gasteiger partial charge on any atom is -0.491 e. The van der Waals surface area contributed by atoms with E-state index in [0.717, 1.165) is 42.9 Å². The highest BCUT2D eigenvalue weighted by molar-refractivity contribution is 6.04. The number of aryl methyl sites for hydroxylation is 1. The second kappa shape index (κ2) is 11.8. The van der Waals surface area contributed by atoms with Crippen LogP contribution in [0.15, 0.2) is 72.8 Å². The molecule has 188 valence electrons. The summed E-state index contributed by atoms with van der Waals surface area (Å²) in [5.74, 6) is 0.619. The van der Waals surface area contributed by atoms with Gasteiger partial charge in [-0.2, -0.15) is 0 Å². The van der Waals surface area contributed by atoms with Gasteiger partial charge in [-0.1, -0.05) is 32.0 Å². The van der Waals surface area contributed by atoms with Crippen molar-refractivity contribution in [3.63, 3.8) is 0 Å². The van der Waals surface area contributed by atoms with Crippen LogP contribution >= 0.6 is 0 Å². The molecule has 4 rings (SSSR count). The Balaban J connectivity index is 1.31. The second-order valence-electron chi connectivity index (χ2n) is 9.20. The van der Waals surface area contributed by atoms with E-state index in [1.807, 2.05) is 72.5 Å². The van der Waals surface area contributed by atoms with Crippen molar-refractivity contribution in [3.8, 4) is 5.75 Å². The highest BCUT2D eigenvalue weighted by atomic mass is 16.5. The maximum atomic E-state index is 12.9. The average Bonchev–Trinajstić information content (AvgIpc) is 2.93. The van der Waals surface area contributed by atoms with Gasteiger partial charge in [0.25, 0.3) is 11.8 Å². The van der Waals surface area contributed by atoms with Crippen molar-refractivity contribution in [3.05, 3.63) is 89.5 Å². The van der Waals surface area contributed by atoms with Crippen LogP contribution in [0.2, 0.25) is 0 Å². The lowest BCUT2D eigenvalue weighted by atomic mass is 10.1. The molecule has 36 heavy (non-hydrogen) atoms. The van der Waals surface area contributed by atoms with Gasteiger partial charge >= 0.3 is 0 Å². The number of piperazine rings is 1. The second-order valence-corrected chi connectivity index (χ2v) is 9.20. The van der Waals surface area contributed by atoms with Crippen LogP contribution in [0.3, 0.4) is 0 Å². The molecule has 0 radical (unpaired) electrons. The van der Waals surface area contributed by atoms with Crippen LogP contribution in [0.4, 0.5) is 11.4 Å². The number of ether oxygens (including phenoxy) is 1. The summed E-state index contributed by atoms with van der Waals surface area (Å²) < 4.78 is 5.83. The molecule has 1 heterocycles. The smallest absolute Gasteiger partial charge is 0.255 e. The highest BCUT2D eigenvalue weighted by Crippen LogP contribution is 2.22. The summed E-state index contributed by atoms with van der Waals surface area (Å²) in [6, 6.07) is 23.0. The summed E-state index contributed by atoms with van der Waals surface area (Å²) in [6.45, 7) is 9.10. The molecular weight excluding hydrogens is 450 g/mol. The largest absolute Gasteiger partial charge is 0.491 e. The molecule has 6 heteroatoms. The predicted octanol–water partition coefficient (Wildman–Crippen LogP) is 5.64. The Kier molecular flexibility index (Phi) is 8.26. The summed E-state index contributed by atoms with van der Waals surface area (Å²) in [4.78, 5) is 29.8. The van der Waals surface area contributed by atoms with Gasteiger partial charge in [0.2, 0.25) is 0 Å². The number of nitrogens with one attached hydrogen (secondary N) is 1. The molecule has 0 bridgehead atoms. The zero-order valence-corrected chi connectivity index (χ0v) is 21.4. The fraction of sp³-hybridized carbons (Fsp3) is 0.333. The fourth-order valence-electron chi connectivity index (χ4n) is 4.22. The number of hydrogen-bond donors (Lipinski definition) is 1. The Morgan fingerprint density at radius 1 is 0.889 bits per heavy atom. The van der Waals surface area contributed by atoms with Gasteiger partial charge in [-0.15, -0.1) is 0 Å². The number of benzene rings is 3. The zero-order valence-electron chi connectivity index (χ0n) is 21.4. The van der Waals surface area contributed by atoms with Crippen molar-refractivity contribution in [1.82, 2.24) is 4.90 Å². The lowest BCUT2D eigenvalue weighted by molar-refractivity contribution is 0.0746. The molecular formula is C30H35N3O3. The quantitative estimate of drug-likeness (QED) is 0.448. The molecule has 1 saturated heterocycles. The summed E-state index contributed by atoms with van der Waals surface area (Å²) in [6.07, 6.45) is 1.97. The van der Waals surface area contributed by atoms with E-state index >= 15 is 0 Å². The SMILES string of the molecule is CCc1ccc(C(=O)N2CCN(c3ccc(NC(=O)c4cccc(OC(C)CC)c4)cc3)CC2)cc1. The monoisotopic (exact) mass is 485 g/mol. The maximum absolute atomic E-state index is 12.9. The minimum absolute atomic E-state index is 0.0917. The van der Waals surface area contributed by atoms with Crippen molar-refractivity contribution in [2.45, 2.75) is 39.7 Å².